The molecule has 0 saturated heterocycles. The molecule has 1 atom stereocenters. The molecule has 0 bridgehead atoms. The van der Waals surface area contributed by atoms with Crippen LogP contribution in [0.1, 0.15) is 18.1 Å². The molecule has 0 aliphatic carbocycles. The SMILES string of the molecule is C[C@@H](C(=O)N1CCc2ccccc21)N(C)Cc1cccc(Cl)c1. The Balaban J connectivity index is 1.70. The van der Waals surface area contributed by atoms with E-state index in [1.165, 1.54) is 5.56 Å². The maximum absolute atomic E-state index is 12.9. The standard InChI is InChI=1S/C19H21ClN2O/c1-14(21(2)13-15-6-5-8-17(20)12-15)19(23)22-11-10-16-7-3-4-9-18(16)22/h3-9,12,14H,10-11,13H2,1-2H3/t14-/m0/s1. The van der Waals surface area contributed by atoms with Crippen LogP contribution in [0.25, 0.3) is 0 Å². The molecule has 0 aromatic heterocycles. The second-order valence-electron chi connectivity index (χ2n) is 6.09. The first-order chi connectivity index (χ1) is 11.1. The zero-order valence-electron chi connectivity index (χ0n) is 13.5. The Morgan fingerprint density at radius 2 is 2.04 bits per heavy atom. The maximum atomic E-state index is 12.9. The number of amides is 1. The lowest BCUT2D eigenvalue weighted by molar-refractivity contribution is -0.122. The summed E-state index contributed by atoms with van der Waals surface area (Å²) in [7, 11) is 1.98. The van der Waals surface area contributed by atoms with Crippen molar-refractivity contribution in [2.45, 2.75) is 25.9 Å². The van der Waals surface area contributed by atoms with E-state index in [2.05, 4.69) is 11.0 Å². The summed E-state index contributed by atoms with van der Waals surface area (Å²) in [5.41, 5.74) is 3.42. The largest absolute Gasteiger partial charge is 0.310 e. The van der Waals surface area contributed by atoms with Crippen molar-refractivity contribution >= 4 is 23.2 Å². The van der Waals surface area contributed by atoms with Gasteiger partial charge in [0, 0.05) is 23.8 Å². The first-order valence-corrected chi connectivity index (χ1v) is 8.28. The number of carbonyl (C=O) groups excluding carboxylic acids is 1. The molecule has 23 heavy (non-hydrogen) atoms. The molecule has 0 radical (unpaired) electrons. The first kappa shape index (κ1) is 16.0. The van der Waals surface area contributed by atoms with Crippen molar-refractivity contribution < 1.29 is 4.79 Å². The van der Waals surface area contributed by atoms with Gasteiger partial charge in [0.25, 0.3) is 0 Å². The minimum atomic E-state index is -0.180. The third-order valence-electron chi connectivity index (χ3n) is 4.49. The van der Waals surface area contributed by atoms with E-state index < -0.39 is 0 Å². The van der Waals surface area contributed by atoms with Gasteiger partial charge in [0.1, 0.15) is 0 Å². The maximum Gasteiger partial charge on any atom is 0.244 e. The lowest BCUT2D eigenvalue weighted by Crippen LogP contribution is -2.45. The summed E-state index contributed by atoms with van der Waals surface area (Å²) < 4.78 is 0. The molecule has 0 spiro atoms. The van der Waals surface area contributed by atoms with Crippen molar-refractivity contribution in [3.05, 3.63) is 64.7 Å². The minimum absolute atomic E-state index is 0.152. The van der Waals surface area contributed by atoms with E-state index in [0.717, 1.165) is 29.2 Å². The second-order valence-corrected chi connectivity index (χ2v) is 6.53. The smallest absolute Gasteiger partial charge is 0.244 e. The number of nitrogens with zero attached hydrogens (tertiary/aromatic N) is 2. The molecule has 1 aliphatic rings. The van der Waals surface area contributed by atoms with Crippen molar-refractivity contribution in [2.75, 3.05) is 18.5 Å². The fourth-order valence-electron chi connectivity index (χ4n) is 3.04. The van der Waals surface area contributed by atoms with Crippen LogP contribution in [0.5, 0.6) is 0 Å². The van der Waals surface area contributed by atoms with Crippen LogP contribution in [0, 0.1) is 0 Å². The summed E-state index contributed by atoms with van der Waals surface area (Å²) in [6.07, 6.45) is 0.937. The molecule has 0 fully saturated rings. The predicted octanol–water partition coefficient (Wildman–Crippen LogP) is 3.75. The molecular weight excluding hydrogens is 308 g/mol. The number of rotatable bonds is 4. The lowest BCUT2D eigenvalue weighted by atomic mass is 10.1. The van der Waals surface area contributed by atoms with Crippen molar-refractivity contribution in [2.24, 2.45) is 0 Å². The van der Waals surface area contributed by atoms with Gasteiger partial charge in [0.2, 0.25) is 5.91 Å². The van der Waals surface area contributed by atoms with Crippen LogP contribution in [0.15, 0.2) is 48.5 Å². The Morgan fingerprint density at radius 3 is 2.83 bits per heavy atom. The van der Waals surface area contributed by atoms with Gasteiger partial charge < -0.3 is 4.90 Å². The number of benzene rings is 2. The van der Waals surface area contributed by atoms with Crippen LogP contribution < -0.4 is 4.90 Å². The highest BCUT2D eigenvalue weighted by Crippen LogP contribution is 2.28. The molecule has 0 N–H and O–H groups in total. The normalized spacial score (nSPS) is 14.9. The van der Waals surface area contributed by atoms with Gasteiger partial charge >= 0.3 is 0 Å². The zero-order chi connectivity index (χ0) is 16.4. The van der Waals surface area contributed by atoms with Crippen LogP contribution in [-0.4, -0.2) is 30.4 Å². The lowest BCUT2D eigenvalue weighted by Gasteiger charge is -2.28. The van der Waals surface area contributed by atoms with E-state index in [1.54, 1.807) is 0 Å². The summed E-state index contributed by atoms with van der Waals surface area (Å²) in [6, 6.07) is 15.7. The van der Waals surface area contributed by atoms with Gasteiger partial charge in [0.15, 0.2) is 0 Å². The van der Waals surface area contributed by atoms with E-state index in [-0.39, 0.29) is 11.9 Å². The van der Waals surface area contributed by atoms with E-state index in [1.807, 2.05) is 61.3 Å². The molecule has 120 valence electrons. The molecule has 1 heterocycles. The van der Waals surface area contributed by atoms with Gasteiger partial charge in [-0.05, 0) is 49.7 Å². The molecule has 2 aromatic rings. The van der Waals surface area contributed by atoms with Crippen LogP contribution >= 0.6 is 11.6 Å². The van der Waals surface area contributed by atoms with Crippen LogP contribution in [0.2, 0.25) is 5.02 Å². The van der Waals surface area contributed by atoms with Gasteiger partial charge in [0.05, 0.1) is 6.04 Å². The Bertz CT molecular complexity index is 716. The fraction of sp³-hybridized carbons (Fsp3) is 0.316. The fourth-order valence-corrected chi connectivity index (χ4v) is 3.25. The first-order valence-electron chi connectivity index (χ1n) is 7.90. The number of carbonyl (C=O) groups is 1. The molecule has 1 aliphatic heterocycles. The molecule has 3 rings (SSSR count). The quantitative estimate of drug-likeness (QED) is 0.853. The van der Waals surface area contributed by atoms with Gasteiger partial charge in [-0.3, -0.25) is 9.69 Å². The average Bonchev–Trinajstić information content (AvgIpc) is 2.97. The van der Waals surface area contributed by atoms with Crippen LogP contribution in [0.4, 0.5) is 5.69 Å². The summed E-state index contributed by atoms with van der Waals surface area (Å²) in [4.78, 5) is 16.8. The molecule has 0 saturated carbocycles. The van der Waals surface area contributed by atoms with E-state index in [9.17, 15) is 4.79 Å². The number of hydrogen-bond acceptors (Lipinski definition) is 2. The molecule has 4 heteroatoms. The van der Waals surface area contributed by atoms with E-state index in [0.29, 0.717) is 6.54 Å². The molecule has 3 nitrogen and oxygen atoms in total. The Morgan fingerprint density at radius 1 is 1.26 bits per heavy atom. The third kappa shape index (κ3) is 3.41. The monoisotopic (exact) mass is 328 g/mol. The van der Waals surface area contributed by atoms with Crippen LogP contribution in [-0.2, 0) is 17.8 Å². The van der Waals surface area contributed by atoms with Crippen molar-refractivity contribution in [3.8, 4) is 0 Å². The van der Waals surface area contributed by atoms with E-state index in [4.69, 9.17) is 11.6 Å². The molecule has 2 aromatic carbocycles. The van der Waals surface area contributed by atoms with Gasteiger partial charge in [-0.1, -0.05) is 41.9 Å². The summed E-state index contributed by atoms with van der Waals surface area (Å²) in [5, 5.41) is 0.725. The number of anilines is 1. The predicted molar refractivity (Wildman–Crippen MR) is 94.9 cm³/mol. The number of hydrogen-bond donors (Lipinski definition) is 0. The zero-order valence-corrected chi connectivity index (χ0v) is 14.3. The Kier molecular flexibility index (Phi) is 4.69. The second kappa shape index (κ2) is 6.73. The summed E-state index contributed by atoms with van der Waals surface area (Å²) in [6.45, 7) is 3.43. The number of fused-ring (bicyclic) bond motifs is 1. The molecule has 0 unspecified atom stereocenters. The highest BCUT2D eigenvalue weighted by Gasteiger charge is 2.29. The van der Waals surface area contributed by atoms with Crippen molar-refractivity contribution in [3.63, 3.8) is 0 Å². The van der Waals surface area contributed by atoms with E-state index >= 15 is 0 Å². The summed E-state index contributed by atoms with van der Waals surface area (Å²) >= 11 is 6.04. The van der Waals surface area contributed by atoms with Crippen LogP contribution in [0.3, 0.4) is 0 Å². The highest BCUT2D eigenvalue weighted by atomic mass is 35.5. The van der Waals surface area contributed by atoms with Crippen molar-refractivity contribution in [1.82, 2.24) is 4.90 Å². The molecule has 1 amide bonds. The third-order valence-corrected chi connectivity index (χ3v) is 4.73. The average molecular weight is 329 g/mol. The number of halogens is 1. The van der Waals surface area contributed by atoms with Gasteiger partial charge in [-0.15, -0.1) is 0 Å². The number of likely N-dealkylation sites (N-methyl/N-ethyl adjacent to an activating group) is 1. The van der Waals surface area contributed by atoms with Crippen molar-refractivity contribution in [1.29, 1.82) is 0 Å². The highest BCUT2D eigenvalue weighted by molar-refractivity contribution is 6.30. The summed E-state index contributed by atoms with van der Waals surface area (Å²) in [5.74, 6) is 0.152. The minimum Gasteiger partial charge on any atom is -0.310 e. The van der Waals surface area contributed by atoms with Gasteiger partial charge in [-0.2, -0.15) is 0 Å². The van der Waals surface area contributed by atoms with Gasteiger partial charge in [-0.25, -0.2) is 0 Å². The number of para-hydroxylation sites is 1. The topological polar surface area (TPSA) is 23.6 Å². The Hall–Kier alpha value is -1.84. The molecular formula is C19H21ClN2O. The Labute approximate surface area is 142 Å².